The molecule has 0 radical (unpaired) electrons. The molecule has 1 amide bonds. The van der Waals surface area contributed by atoms with Crippen molar-refractivity contribution in [3.05, 3.63) is 59.0 Å². The van der Waals surface area contributed by atoms with Crippen LogP contribution >= 0.6 is 0 Å². The van der Waals surface area contributed by atoms with Crippen LogP contribution in [0.3, 0.4) is 0 Å². The number of amides is 1. The summed E-state index contributed by atoms with van der Waals surface area (Å²) in [6.45, 7) is 3.83. The third-order valence-electron chi connectivity index (χ3n) is 2.91. The Morgan fingerprint density at radius 1 is 1.25 bits per heavy atom. The number of furan rings is 1. The Morgan fingerprint density at radius 2 is 2.05 bits per heavy atom. The van der Waals surface area contributed by atoms with E-state index in [4.69, 9.17) is 8.83 Å². The van der Waals surface area contributed by atoms with Gasteiger partial charge in [-0.1, -0.05) is 18.2 Å². The summed E-state index contributed by atoms with van der Waals surface area (Å²) in [5.41, 5.74) is 0.214. The smallest absolute Gasteiger partial charge is 0.302 e. The molecule has 0 atom stereocenters. The maximum absolute atomic E-state index is 12.3. The molecule has 100 valence electrons. The average molecular weight is 269 g/mol. The van der Waals surface area contributed by atoms with E-state index in [1.54, 1.807) is 30.3 Å². The predicted molar refractivity (Wildman–Crippen MR) is 74.8 cm³/mol. The summed E-state index contributed by atoms with van der Waals surface area (Å²) in [5.74, 6) is -0.324. The van der Waals surface area contributed by atoms with Crippen LogP contribution in [0.5, 0.6) is 0 Å². The van der Waals surface area contributed by atoms with E-state index in [0.29, 0.717) is 17.5 Å². The molecule has 0 saturated carbocycles. The van der Waals surface area contributed by atoms with Crippen molar-refractivity contribution in [2.24, 2.45) is 0 Å². The minimum atomic E-state index is -0.417. The van der Waals surface area contributed by atoms with Crippen molar-refractivity contribution in [1.82, 2.24) is 5.32 Å². The monoisotopic (exact) mass is 269 g/mol. The molecule has 0 aliphatic rings. The fourth-order valence-electron chi connectivity index (χ4n) is 1.96. The second-order valence-electron chi connectivity index (χ2n) is 4.24. The molecule has 1 aromatic carbocycles. The maximum Gasteiger partial charge on any atom is 0.302 e. The lowest BCUT2D eigenvalue weighted by molar-refractivity contribution is 0.0931. The Balaban J connectivity index is 2.18. The van der Waals surface area contributed by atoms with Gasteiger partial charge in [0.2, 0.25) is 5.43 Å². The average Bonchev–Trinajstić information content (AvgIpc) is 2.89. The Bertz CT molecular complexity index is 872. The lowest BCUT2D eigenvalue weighted by Crippen LogP contribution is -2.22. The van der Waals surface area contributed by atoms with Crippen molar-refractivity contribution in [2.45, 2.75) is 0 Å². The second kappa shape index (κ2) is 4.70. The lowest BCUT2D eigenvalue weighted by Gasteiger charge is -1.96. The molecule has 0 aliphatic carbocycles. The molecule has 0 aliphatic heterocycles. The minimum absolute atomic E-state index is 0.0398. The second-order valence-corrected chi connectivity index (χ2v) is 4.24. The number of fused-ring (bicyclic) bond motifs is 2. The topological polar surface area (TPSA) is 72.5 Å². The van der Waals surface area contributed by atoms with Gasteiger partial charge in [-0.15, -0.1) is 6.58 Å². The molecule has 5 heteroatoms. The summed E-state index contributed by atoms with van der Waals surface area (Å²) in [5, 5.41) is 3.29. The maximum atomic E-state index is 12.3. The van der Waals surface area contributed by atoms with Crippen LogP contribution < -0.4 is 10.7 Å². The molecule has 2 aromatic heterocycles. The fourth-order valence-corrected chi connectivity index (χ4v) is 1.96. The molecular weight excluding hydrogens is 258 g/mol. The molecule has 0 unspecified atom stereocenters. The highest BCUT2D eigenvalue weighted by Crippen LogP contribution is 2.21. The first-order valence-corrected chi connectivity index (χ1v) is 6.05. The number of hydrogen-bond donors (Lipinski definition) is 1. The van der Waals surface area contributed by atoms with E-state index < -0.39 is 5.91 Å². The van der Waals surface area contributed by atoms with Gasteiger partial charge in [0.05, 0.1) is 5.39 Å². The van der Waals surface area contributed by atoms with Crippen LogP contribution in [-0.2, 0) is 0 Å². The number of carbonyl (C=O) groups is 1. The summed E-state index contributed by atoms with van der Waals surface area (Å²) < 4.78 is 10.8. The first-order chi connectivity index (χ1) is 9.70. The van der Waals surface area contributed by atoms with E-state index in [0.717, 1.165) is 0 Å². The van der Waals surface area contributed by atoms with Gasteiger partial charge in [-0.2, -0.15) is 0 Å². The molecule has 5 nitrogen and oxygen atoms in total. The highest BCUT2D eigenvalue weighted by atomic mass is 16.5. The van der Waals surface area contributed by atoms with E-state index in [2.05, 4.69) is 11.9 Å². The van der Waals surface area contributed by atoms with Gasteiger partial charge in [-0.3, -0.25) is 9.59 Å². The quantitative estimate of drug-likeness (QED) is 0.741. The molecule has 1 N–H and O–H groups in total. The fraction of sp³-hybridized carbons (Fsp3) is 0.0667. The van der Waals surface area contributed by atoms with Crippen molar-refractivity contribution >= 4 is 28.0 Å². The van der Waals surface area contributed by atoms with Crippen LogP contribution in [0.2, 0.25) is 0 Å². The standard InChI is InChI=1S/C15H11NO4/c1-2-7-16-14(18)12-8-10-13(17)9-5-3-4-6-11(9)19-15(10)20-12/h2-6,8H,1,7H2,(H,16,18). The molecule has 0 fully saturated rings. The van der Waals surface area contributed by atoms with Gasteiger partial charge in [0.25, 0.3) is 5.91 Å². The van der Waals surface area contributed by atoms with Crippen molar-refractivity contribution in [1.29, 1.82) is 0 Å². The molecule has 3 aromatic rings. The normalized spacial score (nSPS) is 10.8. The number of benzene rings is 1. The van der Waals surface area contributed by atoms with Gasteiger partial charge < -0.3 is 14.2 Å². The van der Waals surface area contributed by atoms with E-state index in [9.17, 15) is 9.59 Å². The molecule has 0 bridgehead atoms. The molecular formula is C15H11NO4. The van der Waals surface area contributed by atoms with Gasteiger partial charge in [0, 0.05) is 12.6 Å². The number of nitrogens with one attached hydrogen (secondary N) is 1. The van der Waals surface area contributed by atoms with Gasteiger partial charge in [-0.25, -0.2) is 0 Å². The van der Waals surface area contributed by atoms with Crippen LogP contribution in [0, 0.1) is 0 Å². The summed E-state index contributed by atoms with van der Waals surface area (Å²) >= 11 is 0. The Labute approximate surface area is 113 Å². The van der Waals surface area contributed by atoms with Crippen molar-refractivity contribution in [3.63, 3.8) is 0 Å². The Hall–Kier alpha value is -2.82. The SMILES string of the molecule is C=CCNC(=O)c1cc2c(=O)c3ccccc3oc2o1. The minimum Gasteiger partial charge on any atom is -0.425 e. The summed E-state index contributed by atoms with van der Waals surface area (Å²) in [4.78, 5) is 24.1. The van der Waals surface area contributed by atoms with Crippen LogP contribution in [0.15, 0.2) is 56.6 Å². The van der Waals surface area contributed by atoms with E-state index in [-0.39, 0.29) is 22.4 Å². The number of carbonyl (C=O) groups excluding carboxylic acids is 1. The van der Waals surface area contributed by atoms with E-state index in [1.165, 1.54) is 6.07 Å². The largest absolute Gasteiger partial charge is 0.425 e. The van der Waals surface area contributed by atoms with Gasteiger partial charge in [0.15, 0.2) is 5.76 Å². The molecule has 20 heavy (non-hydrogen) atoms. The first-order valence-electron chi connectivity index (χ1n) is 6.05. The number of para-hydroxylation sites is 1. The lowest BCUT2D eigenvalue weighted by atomic mass is 10.2. The predicted octanol–water partition coefficient (Wildman–Crippen LogP) is 2.46. The summed E-state index contributed by atoms with van der Waals surface area (Å²) in [6.07, 6.45) is 1.55. The molecule has 0 spiro atoms. The van der Waals surface area contributed by atoms with Crippen molar-refractivity contribution < 1.29 is 13.6 Å². The third-order valence-corrected chi connectivity index (χ3v) is 2.91. The molecule has 3 rings (SSSR count). The highest BCUT2D eigenvalue weighted by Gasteiger charge is 2.16. The van der Waals surface area contributed by atoms with Gasteiger partial charge in [-0.05, 0) is 12.1 Å². The van der Waals surface area contributed by atoms with Crippen molar-refractivity contribution in [2.75, 3.05) is 6.54 Å². The number of rotatable bonds is 3. The van der Waals surface area contributed by atoms with Gasteiger partial charge in [0.1, 0.15) is 11.0 Å². The third kappa shape index (κ3) is 1.89. The zero-order valence-corrected chi connectivity index (χ0v) is 10.5. The zero-order valence-electron chi connectivity index (χ0n) is 10.5. The summed E-state index contributed by atoms with van der Waals surface area (Å²) in [7, 11) is 0. The van der Waals surface area contributed by atoms with Crippen LogP contribution in [-0.4, -0.2) is 12.5 Å². The van der Waals surface area contributed by atoms with Crippen LogP contribution in [0.1, 0.15) is 10.6 Å². The number of hydrogen-bond acceptors (Lipinski definition) is 4. The first kappa shape index (κ1) is 12.2. The van der Waals surface area contributed by atoms with E-state index >= 15 is 0 Å². The van der Waals surface area contributed by atoms with E-state index in [1.807, 2.05) is 0 Å². The molecule has 2 heterocycles. The Morgan fingerprint density at radius 3 is 2.85 bits per heavy atom. The zero-order chi connectivity index (χ0) is 14.1. The van der Waals surface area contributed by atoms with Crippen molar-refractivity contribution in [3.8, 4) is 0 Å². The van der Waals surface area contributed by atoms with Gasteiger partial charge >= 0.3 is 5.78 Å². The van der Waals surface area contributed by atoms with Crippen LogP contribution in [0.25, 0.3) is 22.1 Å². The Kier molecular flexibility index (Phi) is 2.87. The van der Waals surface area contributed by atoms with Crippen LogP contribution in [0.4, 0.5) is 0 Å². The summed E-state index contributed by atoms with van der Waals surface area (Å²) in [6, 6.07) is 8.26. The molecule has 0 saturated heterocycles. The highest BCUT2D eigenvalue weighted by molar-refractivity contribution is 5.97.